The fraction of sp³-hybridized carbons (Fsp3) is 0.556. The molecule has 2 fully saturated rings. The van der Waals surface area contributed by atoms with E-state index in [2.05, 4.69) is 11.0 Å². The molecular formula is C18H26N4O3. The number of carbonyl (C=O) groups is 2. The number of benzene rings is 1. The van der Waals surface area contributed by atoms with Gasteiger partial charge in [-0.1, -0.05) is 12.1 Å². The zero-order valence-corrected chi connectivity index (χ0v) is 14.7. The van der Waals surface area contributed by atoms with Crippen molar-refractivity contribution >= 4 is 11.9 Å². The maximum Gasteiger partial charge on any atom is 0.320 e. The zero-order chi connectivity index (χ0) is 17.8. The number of carbonyl (C=O) groups excluding carboxylic acids is 2. The molecule has 0 radical (unpaired) electrons. The number of rotatable bonds is 6. The molecule has 0 spiro atoms. The number of primary amides is 1. The Hall–Kier alpha value is -2.28. The van der Waals surface area contributed by atoms with E-state index in [0.29, 0.717) is 11.8 Å². The topological polar surface area (TPSA) is 79.1 Å². The Kier molecular flexibility index (Phi) is 5.43. The van der Waals surface area contributed by atoms with Crippen molar-refractivity contribution in [2.75, 3.05) is 39.8 Å². The quantitative estimate of drug-likeness (QED) is 0.829. The van der Waals surface area contributed by atoms with Gasteiger partial charge in [-0.05, 0) is 30.5 Å². The first-order chi connectivity index (χ1) is 12.0. The van der Waals surface area contributed by atoms with Crippen LogP contribution in [0.2, 0.25) is 0 Å². The second-order valence-electron chi connectivity index (χ2n) is 6.81. The molecule has 2 aliphatic rings. The number of hydrogen-bond donors (Lipinski definition) is 1. The Morgan fingerprint density at radius 2 is 2.00 bits per heavy atom. The predicted molar refractivity (Wildman–Crippen MR) is 94.2 cm³/mol. The molecule has 0 aliphatic carbocycles. The molecule has 7 heteroatoms. The van der Waals surface area contributed by atoms with Crippen molar-refractivity contribution in [1.29, 1.82) is 0 Å². The summed E-state index contributed by atoms with van der Waals surface area (Å²) < 4.78 is 5.36. The van der Waals surface area contributed by atoms with Crippen LogP contribution >= 0.6 is 0 Å². The number of piperidine rings is 1. The first-order valence-corrected chi connectivity index (χ1v) is 8.77. The SMILES string of the molecule is CN1CCN(C2CCN(Cc3cccc(OCC(N)=O)c3)CC2)C1=O. The van der Waals surface area contributed by atoms with E-state index < -0.39 is 5.91 Å². The van der Waals surface area contributed by atoms with E-state index in [0.717, 1.165) is 51.1 Å². The van der Waals surface area contributed by atoms with Crippen LogP contribution in [-0.4, -0.2) is 72.5 Å². The van der Waals surface area contributed by atoms with E-state index in [-0.39, 0.29) is 12.6 Å². The molecule has 3 amide bonds. The van der Waals surface area contributed by atoms with Gasteiger partial charge >= 0.3 is 6.03 Å². The minimum atomic E-state index is -0.477. The summed E-state index contributed by atoms with van der Waals surface area (Å²) in [6.07, 6.45) is 2.02. The first-order valence-electron chi connectivity index (χ1n) is 8.77. The largest absolute Gasteiger partial charge is 0.484 e. The summed E-state index contributed by atoms with van der Waals surface area (Å²) in [6, 6.07) is 8.29. The molecule has 0 bridgehead atoms. The summed E-state index contributed by atoms with van der Waals surface area (Å²) in [5, 5.41) is 0. The molecular weight excluding hydrogens is 320 g/mol. The van der Waals surface area contributed by atoms with Crippen molar-refractivity contribution in [3.8, 4) is 5.75 Å². The van der Waals surface area contributed by atoms with Gasteiger partial charge in [0, 0.05) is 45.8 Å². The zero-order valence-electron chi connectivity index (χ0n) is 14.7. The molecule has 1 aromatic carbocycles. The number of likely N-dealkylation sites (tertiary alicyclic amines) is 1. The van der Waals surface area contributed by atoms with Gasteiger partial charge in [-0.3, -0.25) is 9.69 Å². The molecule has 0 aromatic heterocycles. The lowest BCUT2D eigenvalue weighted by atomic mass is 10.0. The molecule has 2 N–H and O–H groups in total. The van der Waals surface area contributed by atoms with Crippen molar-refractivity contribution in [2.45, 2.75) is 25.4 Å². The summed E-state index contributed by atoms with van der Waals surface area (Å²) in [5.74, 6) is 0.187. The van der Waals surface area contributed by atoms with E-state index >= 15 is 0 Å². The summed E-state index contributed by atoms with van der Waals surface area (Å²) in [4.78, 5) is 29.1. The molecule has 0 unspecified atom stereocenters. The maximum absolute atomic E-state index is 12.1. The van der Waals surface area contributed by atoms with E-state index in [9.17, 15) is 9.59 Å². The van der Waals surface area contributed by atoms with E-state index in [1.54, 1.807) is 4.90 Å². The van der Waals surface area contributed by atoms with Crippen LogP contribution in [0.15, 0.2) is 24.3 Å². The monoisotopic (exact) mass is 346 g/mol. The average Bonchev–Trinajstić information content (AvgIpc) is 2.93. The van der Waals surface area contributed by atoms with Crippen LogP contribution in [0.1, 0.15) is 18.4 Å². The fourth-order valence-electron chi connectivity index (χ4n) is 3.54. The number of amides is 3. The molecule has 2 aliphatic heterocycles. The van der Waals surface area contributed by atoms with Crippen molar-refractivity contribution < 1.29 is 14.3 Å². The lowest BCUT2D eigenvalue weighted by Gasteiger charge is -2.36. The smallest absolute Gasteiger partial charge is 0.320 e. The Labute approximate surface area is 148 Å². The second-order valence-corrected chi connectivity index (χ2v) is 6.81. The Morgan fingerprint density at radius 3 is 2.64 bits per heavy atom. The highest BCUT2D eigenvalue weighted by Gasteiger charge is 2.33. The van der Waals surface area contributed by atoms with Gasteiger partial charge in [0.05, 0.1) is 0 Å². The van der Waals surface area contributed by atoms with E-state index in [1.165, 1.54) is 0 Å². The van der Waals surface area contributed by atoms with Crippen molar-refractivity contribution in [2.24, 2.45) is 5.73 Å². The van der Waals surface area contributed by atoms with Gasteiger partial charge in [0.15, 0.2) is 6.61 Å². The van der Waals surface area contributed by atoms with Crippen molar-refractivity contribution in [1.82, 2.24) is 14.7 Å². The normalized spacial score (nSPS) is 19.5. The van der Waals surface area contributed by atoms with Gasteiger partial charge in [0.25, 0.3) is 5.91 Å². The van der Waals surface area contributed by atoms with Crippen molar-refractivity contribution in [3.63, 3.8) is 0 Å². The molecule has 2 saturated heterocycles. The average molecular weight is 346 g/mol. The maximum atomic E-state index is 12.1. The Bertz CT molecular complexity index is 629. The summed E-state index contributed by atoms with van der Waals surface area (Å²) >= 11 is 0. The van der Waals surface area contributed by atoms with Gasteiger partial charge in [0.1, 0.15) is 5.75 Å². The predicted octanol–water partition coefficient (Wildman–Crippen LogP) is 0.883. The summed E-state index contributed by atoms with van der Waals surface area (Å²) in [5.41, 5.74) is 6.26. The number of likely N-dealkylation sites (N-methyl/N-ethyl adjacent to an activating group) is 1. The number of urea groups is 1. The molecule has 3 rings (SSSR count). The molecule has 0 saturated carbocycles. The lowest BCUT2D eigenvalue weighted by molar-refractivity contribution is -0.119. The third kappa shape index (κ3) is 4.42. The molecule has 7 nitrogen and oxygen atoms in total. The number of ether oxygens (including phenoxy) is 1. The van der Waals surface area contributed by atoms with Gasteiger partial charge < -0.3 is 20.3 Å². The van der Waals surface area contributed by atoms with Crippen molar-refractivity contribution in [3.05, 3.63) is 29.8 Å². The first kappa shape index (κ1) is 17.5. The molecule has 1 aromatic rings. The lowest BCUT2D eigenvalue weighted by Crippen LogP contribution is -2.46. The highest BCUT2D eigenvalue weighted by molar-refractivity contribution is 5.76. The van der Waals surface area contributed by atoms with E-state index in [1.807, 2.05) is 30.1 Å². The van der Waals surface area contributed by atoms with Crippen LogP contribution in [0.4, 0.5) is 4.79 Å². The highest BCUT2D eigenvalue weighted by Crippen LogP contribution is 2.22. The number of nitrogens with zero attached hydrogens (tertiary/aromatic N) is 3. The van der Waals surface area contributed by atoms with Crippen LogP contribution in [-0.2, 0) is 11.3 Å². The van der Waals surface area contributed by atoms with Crippen LogP contribution in [0.5, 0.6) is 5.75 Å². The van der Waals surface area contributed by atoms with Crippen LogP contribution in [0.25, 0.3) is 0 Å². The van der Waals surface area contributed by atoms with Gasteiger partial charge in [-0.25, -0.2) is 4.79 Å². The van der Waals surface area contributed by atoms with Crippen LogP contribution < -0.4 is 10.5 Å². The van der Waals surface area contributed by atoms with Gasteiger partial charge in [-0.2, -0.15) is 0 Å². The molecule has 0 atom stereocenters. The Balaban J connectivity index is 1.50. The van der Waals surface area contributed by atoms with Gasteiger partial charge in [0.2, 0.25) is 0 Å². The van der Waals surface area contributed by atoms with Gasteiger partial charge in [-0.15, -0.1) is 0 Å². The highest BCUT2D eigenvalue weighted by atomic mass is 16.5. The minimum Gasteiger partial charge on any atom is -0.484 e. The third-order valence-electron chi connectivity index (χ3n) is 4.93. The second kappa shape index (κ2) is 7.74. The Morgan fingerprint density at radius 1 is 1.24 bits per heavy atom. The fourth-order valence-corrected chi connectivity index (χ4v) is 3.54. The van der Waals surface area contributed by atoms with E-state index in [4.69, 9.17) is 10.5 Å². The number of hydrogen-bond acceptors (Lipinski definition) is 4. The minimum absolute atomic E-state index is 0.104. The molecule has 2 heterocycles. The number of nitrogens with two attached hydrogens (primary N) is 1. The third-order valence-corrected chi connectivity index (χ3v) is 4.93. The molecule has 136 valence electrons. The summed E-state index contributed by atoms with van der Waals surface area (Å²) in [6.45, 7) is 4.37. The standard InChI is InChI=1S/C18H26N4O3/c1-20-9-10-22(18(20)24)15-5-7-21(8-6-15)12-14-3-2-4-16(11-14)25-13-17(19)23/h2-4,11,15H,5-10,12-13H2,1H3,(H2,19,23). The molecule has 25 heavy (non-hydrogen) atoms. The van der Waals surface area contributed by atoms with Crippen LogP contribution in [0.3, 0.4) is 0 Å². The summed E-state index contributed by atoms with van der Waals surface area (Å²) in [7, 11) is 1.87. The van der Waals surface area contributed by atoms with Crippen LogP contribution in [0, 0.1) is 0 Å².